The third-order valence-electron chi connectivity index (χ3n) is 3.61. The molecule has 4 heteroatoms. The second kappa shape index (κ2) is 4.84. The van der Waals surface area contributed by atoms with E-state index in [9.17, 15) is 0 Å². The summed E-state index contributed by atoms with van der Waals surface area (Å²) >= 11 is 1.95. The lowest BCUT2D eigenvalue weighted by Crippen LogP contribution is -2.16. The van der Waals surface area contributed by atoms with Crippen LogP contribution in [0.5, 0.6) is 0 Å². The van der Waals surface area contributed by atoms with E-state index in [2.05, 4.69) is 12.2 Å². The van der Waals surface area contributed by atoms with E-state index >= 15 is 0 Å². The summed E-state index contributed by atoms with van der Waals surface area (Å²) in [5.41, 5.74) is 2.64. The normalized spacial score (nSPS) is 18.9. The summed E-state index contributed by atoms with van der Waals surface area (Å²) in [6, 6.07) is 0. The van der Waals surface area contributed by atoms with E-state index in [1.165, 1.54) is 30.5 Å². The average Bonchev–Trinajstić information content (AvgIpc) is 2.71. The zero-order valence-corrected chi connectivity index (χ0v) is 11.1. The number of anilines is 1. The van der Waals surface area contributed by atoms with Gasteiger partial charge in [-0.25, -0.2) is 9.97 Å². The van der Waals surface area contributed by atoms with Gasteiger partial charge in [-0.2, -0.15) is 11.8 Å². The summed E-state index contributed by atoms with van der Waals surface area (Å²) in [7, 11) is 0. The lowest BCUT2D eigenvalue weighted by atomic mass is 9.85. The first-order chi connectivity index (χ1) is 8.38. The maximum Gasteiger partial charge on any atom is 0.134 e. The molecule has 1 aliphatic carbocycles. The molecule has 0 saturated heterocycles. The fourth-order valence-corrected chi connectivity index (χ4v) is 3.35. The van der Waals surface area contributed by atoms with Crippen LogP contribution in [0.4, 0.5) is 5.82 Å². The minimum absolute atomic E-state index is 0.632. The molecular formula is C13H19N3S. The number of aromatic nitrogens is 2. The van der Waals surface area contributed by atoms with Crippen LogP contribution < -0.4 is 5.32 Å². The van der Waals surface area contributed by atoms with Gasteiger partial charge >= 0.3 is 0 Å². The number of hydrogen-bond acceptors (Lipinski definition) is 4. The molecule has 0 radical (unpaired) electrons. The third kappa shape index (κ3) is 2.15. The molecular weight excluding hydrogens is 230 g/mol. The Morgan fingerprint density at radius 3 is 2.88 bits per heavy atom. The number of rotatable bonds is 4. The molecule has 1 aromatic heterocycles. The van der Waals surface area contributed by atoms with Crippen LogP contribution in [0.3, 0.4) is 0 Å². The Bertz CT molecular complexity index is 415. The second-order valence-corrected chi connectivity index (χ2v) is 5.89. The standard InChI is InChI=1S/C13H19N3S/c1-2-6-14-13-10-7-17-8-11(10)15-12(16-13)9-4-3-5-9/h9H,2-8H2,1H3,(H,14,15,16). The minimum atomic E-state index is 0.632. The largest absolute Gasteiger partial charge is 0.370 e. The number of nitrogens with zero attached hydrogens (tertiary/aromatic N) is 2. The summed E-state index contributed by atoms with van der Waals surface area (Å²) < 4.78 is 0. The Morgan fingerprint density at radius 1 is 1.29 bits per heavy atom. The molecule has 3 nitrogen and oxygen atoms in total. The molecule has 0 unspecified atom stereocenters. The van der Waals surface area contributed by atoms with E-state index in [1.54, 1.807) is 0 Å². The molecule has 1 aliphatic heterocycles. The molecule has 17 heavy (non-hydrogen) atoms. The molecule has 0 atom stereocenters. The molecule has 0 amide bonds. The highest BCUT2D eigenvalue weighted by molar-refractivity contribution is 7.98. The Morgan fingerprint density at radius 2 is 2.18 bits per heavy atom. The second-order valence-electron chi connectivity index (χ2n) is 4.90. The fraction of sp³-hybridized carbons (Fsp3) is 0.692. The zero-order chi connectivity index (χ0) is 11.7. The minimum Gasteiger partial charge on any atom is -0.370 e. The molecule has 0 bridgehead atoms. The molecule has 2 heterocycles. The Labute approximate surface area is 107 Å². The maximum absolute atomic E-state index is 4.77. The van der Waals surface area contributed by atoms with Crippen LogP contribution in [0.15, 0.2) is 0 Å². The van der Waals surface area contributed by atoms with Crippen molar-refractivity contribution in [1.29, 1.82) is 0 Å². The van der Waals surface area contributed by atoms with Crippen molar-refractivity contribution >= 4 is 17.6 Å². The summed E-state index contributed by atoms with van der Waals surface area (Å²) in [6.45, 7) is 3.20. The number of fused-ring (bicyclic) bond motifs is 1. The van der Waals surface area contributed by atoms with Crippen LogP contribution in [-0.2, 0) is 11.5 Å². The molecule has 3 rings (SSSR count). The van der Waals surface area contributed by atoms with Crippen LogP contribution >= 0.6 is 11.8 Å². The number of nitrogens with one attached hydrogen (secondary N) is 1. The molecule has 0 spiro atoms. The van der Waals surface area contributed by atoms with E-state index < -0.39 is 0 Å². The van der Waals surface area contributed by atoms with Crippen LogP contribution in [0.25, 0.3) is 0 Å². The Balaban J connectivity index is 1.91. The average molecular weight is 249 g/mol. The highest BCUT2D eigenvalue weighted by atomic mass is 32.2. The van der Waals surface area contributed by atoms with Gasteiger partial charge in [-0.15, -0.1) is 0 Å². The molecule has 0 aromatic carbocycles. The van der Waals surface area contributed by atoms with Crippen molar-refractivity contribution in [2.45, 2.75) is 50.0 Å². The van der Waals surface area contributed by atoms with Gasteiger partial charge in [-0.1, -0.05) is 13.3 Å². The first kappa shape index (κ1) is 11.3. The highest BCUT2D eigenvalue weighted by Gasteiger charge is 2.26. The van der Waals surface area contributed by atoms with Crippen molar-refractivity contribution < 1.29 is 0 Å². The van der Waals surface area contributed by atoms with Crippen LogP contribution in [0, 0.1) is 0 Å². The lowest BCUT2D eigenvalue weighted by molar-refractivity contribution is 0.401. The fourth-order valence-electron chi connectivity index (χ4n) is 2.31. The summed E-state index contributed by atoms with van der Waals surface area (Å²) in [6.07, 6.45) is 5.04. The molecule has 1 saturated carbocycles. The topological polar surface area (TPSA) is 37.8 Å². The maximum atomic E-state index is 4.77. The van der Waals surface area contributed by atoms with Gasteiger partial charge in [0.25, 0.3) is 0 Å². The molecule has 1 fully saturated rings. The van der Waals surface area contributed by atoms with Crippen LogP contribution in [0.1, 0.15) is 55.6 Å². The van der Waals surface area contributed by atoms with E-state index in [-0.39, 0.29) is 0 Å². The van der Waals surface area contributed by atoms with E-state index in [1.807, 2.05) is 11.8 Å². The summed E-state index contributed by atoms with van der Waals surface area (Å²) in [5.74, 6) is 4.98. The zero-order valence-electron chi connectivity index (χ0n) is 10.3. The monoisotopic (exact) mass is 249 g/mol. The van der Waals surface area contributed by atoms with Crippen molar-refractivity contribution in [2.24, 2.45) is 0 Å². The van der Waals surface area contributed by atoms with Crippen molar-refractivity contribution in [3.05, 3.63) is 17.1 Å². The van der Waals surface area contributed by atoms with Gasteiger partial charge in [0.2, 0.25) is 0 Å². The van der Waals surface area contributed by atoms with Gasteiger partial charge < -0.3 is 5.32 Å². The van der Waals surface area contributed by atoms with Gasteiger partial charge in [-0.05, 0) is 19.3 Å². The van der Waals surface area contributed by atoms with Crippen molar-refractivity contribution in [2.75, 3.05) is 11.9 Å². The highest BCUT2D eigenvalue weighted by Crippen LogP contribution is 2.38. The van der Waals surface area contributed by atoms with Gasteiger partial charge in [0.1, 0.15) is 11.6 Å². The van der Waals surface area contributed by atoms with Crippen molar-refractivity contribution in [3.8, 4) is 0 Å². The first-order valence-corrected chi connectivity index (χ1v) is 7.75. The van der Waals surface area contributed by atoms with Gasteiger partial charge in [0.05, 0.1) is 5.69 Å². The predicted octanol–water partition coefficient (Wildman–Crippen LogP) is 3.31. The SMILES string of the molecule is CCCNc1nc(C2CCC2)nc2c1CSC2. The smallest absolute Gasteiger partial charge is 0.134 e. The van der Waals surface area contributed by atoms with Gasteiger partial charge in [0.15, 0.2) is 0 Å². The van der Waals surface area contributed by atoms with E-state index in [0.29, 0.717) is 5.92 Å². The van der Waals surface area contributed by atoms with E-state index in [0.717, 1.165) is 36.1 Å². The quantitative estimate of drug-likeness (QED) is 0.888. The predicted molar refractivity (Wildman–Crippen MR) is 72.4 cm³/mol. The molecule has 1 aromatic rings. The molecule has 92 valence electrons. The van der Waals surface area contributed by atoms with Crippen molar-refractivity contribution in [1.82, 2.24) is 9.97 Å². The summed E-state index contributed by atoms with van der Waals surface area (Å²) in [4.78, 5) is 9.54. The summed E-state index contributed by atoms with van der Waals surface area (Å²) in [5, 5.41) is 3.47. The third-order valence-corrected chi connectivity index (χ3v) is 4.58. The van der Waals surface area contributed by atoms with Crippen LogP contribution in [-0.4, -0.2) is 16.5 Å². The van der Waals surface area contributed by atoms with E-state index in [4.69, 9.17) is 9.97 Å². The Hall–Kier alpha value is -0.770. The lowest BCUT2D eigenvalue weighted by Gasteiger charge is -2.25. The van der Waals surface area contributed by atoms with Gasteiger partial charge in [0, 0.05) is 29.5 Å². The Kier molecular flexibility index (Phi) is 3.23. The van der Waals surface area contributed by atoms with Gasteiger partial charge in [-0.3, -0.25) is 0 Å². The molecule has 2 aliphatic rings. The van der Waals surface area contributed by atoms with Crippen molar-refractivity contribution in [3.63, 3.8) is 0 Å². The first-order valence-electron chi connectivity index (χ1n) is 6.59. The number of thioether (sulfide) groups is 1. The molecule has 1 N–H and O–H groups in total. The number of hydrogen-bond donors (Lipinski definition) is 1. The van der Waals surface area contributed by atoms with Crippen LogP contribution in [0.2, 0.25) is 0 Å².